The summed E-state index contributed by atoms with van der Waals surface area (Å²) in [6.45, 7) is 3.73. The lowest BCUT2D eigenvalue weighted by molar-refractivity contribution is 0.0495. The minimum absolute atomic E-state index is 0.0135. The Kier molecular flexibility index (Phi) is 4.94. The summed E-state index contributed by atoms with van der Waals surface area (Å²) < 4.78 is 33.8. The number of methoxy groups -OCH3 is 1. The fourth-order valence-corrected chi connectivity index (χ4v) is 2.77. The van der Waals surface area contributed by atoms with E-state index in [1.165, 1.54) is 12.1 Å². The van der Waals surface area contributed by atoms with Gasteiger partial charge in [0.1, 0.15) is 17.3 Å². The van der Waals surface area contributed by atoms with Crippen LogP contribution in [0, 0.1) is 17.6 Å². The van der Waals surface area contributed by atoms with Crippen molar-refractivity contribution in [2.75, 3.05) is 32.1 Å². The molecule has 1 N–H and O–H groups in total. The van der Waals surface area contributed by atoms with E-state index in [9.17, 15) is 8.78 Å². The summed E-state index contributed by atoms with van der Waals surface area (Å²) in [4.78, 5) is 1.75. The fourth-order valence-electron chi connectivity index (χ4n) is 2.77. The largest absolute Gasteiger partial charge is 0.379 e. The Balaban J connectivity index is 2.24. The molecule has 1 aliphatic heterocycles. The maximum absolute atomic E-state index is 14.2. The van der Waals surface area contributed by atoms with Crippen molar-refractivity contribution in [2.45, 2.75) is 26.0 Å². The molecule has 0 radical (unpaired) electrons. The van der Waals surface area contributed by atoms with E-state index in [-0.39, 0.29) is 11.8 Å². The predicted molar refractivity (Wildman–Crippen MR) is 75.9 cm³/mol. The molecule has 20 heavy (non-hydrogen) atoms. The number of nitrogens with zero attached hydrogens (tertiary/aromatic N) is 1. The van der Waals surface area contributed by atoms with Gasteiger partial charge in [-0.3, -0.25) is 0 Å². The van der Waals surface area contributed by atoms with Gasteiger partial charge >= 0.3 is 0 Å². The van der Waals surface area contributed by atoms with E-state index in [1.807, 2.05) is 0 Å². The number of piperidine rings is 1. The van der Waals surface area contributed by atoms with Crippen LogP contribution >= 0.6 is 0 Å². The molecule has 0 aromatic heterocycles. The molecule has 5 heteroatoms. The molecule has 3 nitrogen and oxygen atoms in total. The van der Waals surface area contributed by atoms with Crippen LogP contribution in [0.2, 0.25) is 0 Å². The van der Waals surface area contributed by atoms with Gasteiger partial charge in [-0.05, 0) is 37.1 Å². The molecule has 112 valence electrons. The van der Waals surface area contributed by atoms with Crippen molar-refractivity contribution in [1.82, 2.24) is 5.32 Å². The second-order valence-corrected chi connectivity index (χ2v) is 5.42. The van der Waals surface area contributed by atoms with Gasteiger partial charge in [0.25, 0.3) is 0 Å². The first-order valence-corrected chi connectivity index (χ1v) is 6.97. The van der Waals surface area contributed by atoms with Gasteiger partial charge in [0, 0.05) is 26.7 Å². The Hall–Kier alpha value is -1.20. The second-order valence-electron chi connectivity index (χ2n) is 5.42. The maximum atomic E-state index is 14.2. The molecule has 1 heterocycles. The third-order valence-corrected chi connectivity index (χ3v) is 3.97. The van der Waals surface area contributed by atoms with Crippen LogP contribution < -0.4 is 10.2 Å². The number of nitrogens with one attached hydrogen (secondary N) is 1. The van der Waals surface area contributed by atoms with Crippen LogP contribution in [0.3, 0.4) is 0 Å². The number of ether oxygens (including phenoxy) is 1. The lowest BCUT2D eigenvalue weighted by Gasteiger charge is -2.37. The Morgan fingerprint density at radius 3 is 2.55 bits per heavy atom. The zero-order valence-electron chi connectivity index (χ0n) is 12.2. The summed E-state index contributed by atoms with van der Waals surface area (Å²) in [6.07, 6.45) is 0.884. The molecule has 0 amide bonds. The number of benzene rings is 1. The molecule has 0 spiro atoms. The average Bonchev–Trinajstić information content (AvgIpc) is 2.40. The summed E-state index contributed by atoms with van der Waals surface area (Å²) in [5.74, 6) is -0.592. The molecular formula is C15H22F2N2O. The van der Waals surface area contributed by atoms with Crippen LogP contribution in [-0.2, 0) is 11.3 Å². The minimum Gasteiger partial charge on any atom is -0.379 e. The molecular weight excluding hydrogens is 262 g/mol. The topological polar surface area (TPSA) is 24.5 Å². The van der Waals surface area contributed by atoms with Gasteiger partial charge in [0.2, 0.25) is 0 Å². The first-order valence-electron chi connectivity index (χ1n) is 6.97. The molecule has 1 aromatic rings. The molecule has 1 aliphatic rings. The number of hydrogen-bond donors (Lipinski definition) is 1. The van der Waals surface area contributed by atoms with Gasteiger partial charge in [-0.25, -0.2) is 8.78 Å². The maximum Gasteiger partial charge on any atom is 0.149 e. The SMILES string of the molecule is CNCc1cc(F)c(N2CCC(C)C(OC)C2)c(F)c1. The standard InChI is InChI=1S/C15H22F2N2O/c1-10-4-5-19(9-14(10)20-3)15-12(16)6-11(8-18-2)7-13(15)17/h6-7,10,14,18H,4-5,8-9H2,1-3H3. The smallest absolute Gasteiger partial charge is 0.149 e. The number of halogens is 2. The number of rotatable bonds is 4. The highest BCUT2D eigenvalue weighted by atomic mass is 19.1. The van der Waals surface area contributed by atoms with Crippen molar-refractivity contribution >= 4 is 5.69 Å². The molecule has 2 atom stereocenters. The van der Waals surface area contributed by atoms with E-state index < -0.39 is 11.6 Å². The third kappa shape index (κ3) is 3.10. The number of anilines is 1. The summed E-state index contributed by atoms with van der Waals surface area (Å²) >= 11 is 0. The Morgan fingerprint density at radius 2 is 2.00 bits per heavy atom. The van der Waals surface area contributed by atoms with Crippen molar-refractivity contribution in [2.24, 2.45) is 5.92 Å². The summed E-state index contributed by atoms with van der Waals surface area (Å²) in [5.41, 5.74) is 0.679. The molecule has 0 aliphatic carbocycles. The molecule has 2 unspecified atom stereocenters. The van der Waals surface area contributed by atoms with E-state index in [1.54, 1.807) is 19.1 Å². The van der Waals surface area contributed by atoms with Crippen LogP contribution in [0.1, 0.15) is 18.9 Å². The number of hydrogen-bond acceptors (Lipinski definition) is 3. The van der Waals surface area contributed by atoms with Crippen molar-refractivity contribution in [3.8, 4) is 0 Å². The normalized spacial score (nSPS) is 23.1. The van der Waals surface area contributed by atoms with Crippen LogP contribution in [0.15, 0.2) is 12.1 Å². The van der Waals surface area contributed by atoms with Crippen molar-refractivity contribution < 1.29 is 13.5 Å². The third-order valence-electron chi connectivity index (χ3n) is 3.97. The van der Waals surface area contributed by atoms with Crippen LogP contribution in [0.25, 0.3) is 0 Å². The van der Waals surface area contributed by atoms with E-state index in [0.717, 1.165) is 6.42 Å². The van der Waals surface area contributed by atoms with E-state index in [0.29, 0.717) is 31.1 Å². The average molecular weight is 284 g/mol. The fraction of sp³-hybridized carbons (Fsp3) is 0.600. The first-order chi connectivity index (χ1) is 9.56. The van der Waals surface area contributed by atoms with Gasteiger partial charge in [0.05, 0.1) is 6.10 Å². The highest BCUT2D eigenvalue weighted by Crippen LogP contribution is 2.30. The molecule has 0 saturated carbocycles. The van der Waals surface area contributed by atoms with Gasteiger partial charge in [-0.15, -0.1) is 0 Å². The molecule has 2 rings (SSSR count). The lowest BCUT2D eigenvalue weighted by atomic mass is 9.95. The predicted octanol–water partition coefficient (Wildman–Crippen LogP) is 2.55. The Bertz CT molecular complexity index is 444. The summed E-state index contributed by atoms with van der Waals surface area (Å²) in [6, 6.07) is 2.80. The van der Waals surface area contributed by atoms with Crippen molar-refractivity contribution in [3.05, 3.63) is 29.3 Å². The molecule has 0 bridgehead atoms. The van der Waals surface area contributed by atoms with Gasteiger partial charge in [0.15, 0.2) is 0 Å². The Morgan fingerprint density at radius 1 is 1.35 bits per heavy atom. The van der Waals surface area contributed by atoms with Crippen molar-refractivity contribution in [3.63, 3.8) is 0 Å². The monoisotopic (exact) mass is 284 g/mol. The van der Waals surface area contributed by atoms with E-state index in [4.69, 9.17) is 4.74 Å². The van der Waals surface area contributed by atoms with Crippen LogP contribution in [0.5, 0.6) is 0 Å². The highest BCUT2D eigenvalue weighted by molar-refractivity contribution is 5.51. The Labute approximate surface area is 118 Å². The highest BCUT2D eigenvalue weighted by Gasteiger charge is 2.29. The van der Waals surface area contributed by atoms with Crippen LogP contribution in [0.4, 0.5) is 14.5 Å². The molecule has 1 aromatic carbocycles. The second kappa shape index (κ2) is 6.50. The zero-order valence-corrected chi connectivity index (χ0v) is 12.2. The summed E-state index contributed by atoms with van der Waals surface area (Å²) in [7, 11) is 3.40. The minimum atomic E-state index is -0.500. The first kappa shape index (κ1) is 15.2. The van der Waals surface area contributed by atoms with Crippen LogP contribution in [-0.4, -0.2) is 33.4 Å². The quantitative estimate of drug-likeness (QED) is 0.919. The molecule has 1 fully saturated rings. The van der Waals surface area contributed by atoms with E-state index in [2.05, 4.69) is 12.2 Å². The van der Waals surface area contributed by atoms with Gasteiger partial charge < -0.3 is 15.0 Å². The zero-order chi connectivity index (χ0) is 14.7. The van der Waals surface area contributed by atoms with Crippen molar-refractivity contribution in [1.29, 1.82) is 0 Å². The molecule has 1 saturated heterocycles. The van der Waals surface area contributed by atoms with E-state index >= 15 is 0 Å². The summed E-state index contributed by atoms with van der Waals surface area (Å²) in [5, 5.41) is 2.89. The van der Waals surface area contributed by atoms with Gasteiger partial charge in [-0.2, -0.15) is 0 Å². The van der Waals surface area contributed by atoms with Gasteiger partial charge in [-0.1, -0.05) is 6.92 Å². The lowest BCUT2D eigenvalue weighted by Crippen LogP contribution is -2.44.